The van der Waals surface area contributed by atoms with Crippen molar-refractivity contribution in [3.05, 3.63) is 36.0 Å². The van der Waals surface area contributed by atoms with Crippen molar-refractivity contribution in [2.45, 2.75) is 304 Å². The monoisotopic (exact) mass is 1620 g/mol. The minimum Gasteiger partial charge on any atom is -0.394 e. The Bertz CT molecular complexity index is 3900. The minimum absolute atomic E-state index is 0.0104. The number of para-hydroxylation sites is 1. The summed E-state index contributed by atoms with van der Waals surface area (Å²) >= 11 is 0. The van der Waals surface area contributed by atoms with Crippen molar-refractivity contribution in [3.63, 3.8) is 0 Å². The first kappa shape index (κ1) is 100. The molecule has 0 fully saturated rings. The number of hydrogen-bond donors (Lipinski definition) is 20. The molecule has 1 heterocycles. The Kier molecular flexibility index (Phi) is 37.1. The number of amides is 18. The van der Waals surface area contributed by atoms with Crippen LogP contribution >= 0.6 is 0 Å². The molecule has 23 N–H and O–H groups in total. The second kappa shape index (κ2) is 42.5. The van der Waals surface area contributed by atoms with Crippen LogP contribution in [-0.4, -0.2) is 210 Å². The van der Waals surface area contributed by atoms with Gasteiger partial charge in [-0.2, -0.15) is 0 Å². The number of H-pyrrole nitrogens is 1. The molecule has 1 aromatic carbocycles. The van der Waals surface area contributed by atoms with Crippen LogP contribution in [0.2, 0.25) is 0 Å². The summed E-state index contributed by atoms with van der Waals surface area (Å²) in [4.78, 5) is 247. The third-order valence-electron chi connectivity index (χ3n) is 18.4. The van der Waals surface area contributed by atoms with Crippen molar-refractivity contribution in [3.8, 4) is 0 Å². The number of aliphatic hydroxyl groups excluding tert-OH is 1. The number of carbonyl (C=O) groups is 18. The second-order valence-corrected chi connectivity index (χ2v) is 34.2. The van der Waals surface area contributed by atoms with E-state index in [0.29, 0.717) is 6.42 Å². The highest BCUT2D eigenvalue weighted by Gasteiger charge is 2.45. The molecule has 8 atom stereocenters. The van der Waals surface area contributed by atoms with E-state index in [0.717, 1.165) is 16.5 Å². The fraction of sp³-hybridized carbons (Fsp3) is 0.662. The average Bonchev–Trinajstić information content (AvgIpc) is 1.47. The molecule has 2 rings (SSSR count). The molecule has 0 saturated carbocycles. The summed E-state index contributed by atoms with van der Waals surface area (Å²) in [5.41, 5.74) is 4.83. The van der Waals surface area contributed by atoms with Crippen molar-refractivity contribution >= 4 is 117 Å². The number of aromatic amines is 1. The van der Waals surface area contributed by atoms with E-state index in [1.54, 1.807) is 33.9 Å². The summed E-state index contributed by atoms with van der Waals surface area (Å²) in [6, 6.07) is -2.96. The Labute approximate surface area is 671 Å². The summed E-state index contributed by atoms with van der Waals surface area (Å²) in [6.45, 7) is 31.0. The molecule has 8 unspecified atom stereocenters. The van der Waals surface area contributed by atoms with E-state index in [-0.39, 0.29) is 49.9 Å². The van der Waals surface area contributed by atoms with Crippen LogP contribution in [0.25, 0.3) is 10.9 Å². The van der Waals surface area contributed by atoms with Gasteiger partial charge in [-0.1, -0.05) is 59.7 Å². The molecule has 38 heteroatoms. The molecule has 0 radical (unpaired) electrons. The molecule has 0 spiro atoms. The topological polar surface area (TPSA) is 602 Å². The smallest absolute Gasteiger partial charge is 0.246 e. The zero-order valence-corrected chi connectivity index (χ0v) is 70.5. The first-order chi connectivity index (χ1) is 52.6. The SMILES string of the molecule is CC(=O)NC(Cc1c[nH]c2ccccc12)C(=O)NC(C)C(=O)NC(C)(C)C(=O)NC(C)(C)C(=O)NC(CC(C)C)C(=O)NC(C)(C)C(=O)NC(CCC(N)=O)C(=O)NC(C)(C)C(=O)NC(C)(C)C(=O)NC(C)(C)C(=O)NC(CCC(N)=O)C(=O)NC(CC(C)C)C(=O)NC(C)(C)C(=O)NC(CCC(N)=O)C(=O)NC(CO)CC(C)C. The number of aliphatic hydroxyl groups is 1. The molecule has 2 aromatic rings. The minimum atomic E-state index is -1.95. The van der Waals surface area contributed by atoms with E-state index in [1.165, 1.54) is 111 Å². The van der Waals surface area contributed by atoms with Crippen LogP contribution in [0.3, 0.4) is 0 Å². The molecule has 0 aliphatic rings. The van der Waals surface area contributed by atoms with Crippen LogP contribution in [0.1, 0.15) is 216 Å². The van der Waals surface area contributed by atoms with Crippen LogP contribution in [0.15, 0.2) is 30.5 Å². The van der Waals surface area contributed by atoms with Gasteiger partial charge in [0.15, 0.2) is 0 Å². The number of primary amides is 3. The highest BCUT2D eigenvalue weighted by Crippen LogP contribution is 2.22. The highest BCUT2D eigenvalue weighted by atomic mass is 16.3. The maximum absolute atomic E-state index is 14.2. The average molecular weight is 1620 g/mol. The molecule has 0 aliphatic heterocycles. The molecular formula is C77H127N19O19. The van der Waals surface area contributed by atoms with Gasteiger partial charge in [0.25, 0.3) is 0 Å². The number of nitrogens with one attached hydrogen (secondary N) is 16. The Morgan fingerprint density at radius 3 is 1.03 bits per heavy atom. The number of aromatic nitrogens is 1. The van der Waals surface area contributed by atoms with E-state index in [1.807, 2.05) is 38.1 Å². The molecule has 0 bridgehead atoms. The second-order valence-electron chi connectivity index (χ2n) is 34.2. The molecule has 1 aromatic heterocycles. The van der Waals surface area contributed by atoms with Crippen molar-refractivity contribution in [1.29, 1.82) is 0 Å². The Balaban J connectivity index is 2.26. The van der Waals surface area contributed by atoms with E-state index < -0.39 is 226 Å². The van der Waals surface area contributed by atoms with Crippen LogP contribution < -0.4 is 97.0 Å². The first-order valence-electron chi connectivity index (χ1n) is 38.3. The van der Waals surface area contributed by atoms with Crippen molar-refractivity contribution < 1.29 is 91.4 Å². The summed E-state index contributed by atoms with van der Waals surface area (Å²) in [6.07, 6.45) is -0.204. The van der Waals surface area contributed by atoms with Crippen molar-refractivity contribution in [2.75, 3.05) is 6.61 Å². The molecule has 0 aliphatic carbocycles. The van der Waals surface area contributed by atoms with E-state index in [9.17, 15) is 91.4 Å². The van der Waals surface area contributed by atoms with E-state index in [4.69, 9.17) is 17.2 Å². The number of fused-ring (bicyclic) bond motifs is 1. The van der Waals surface area contributed by atoms with Gasteiger partial charge in [-0.3, -0.25) is 86.3 Å². The van der Waals surface area contributed by atoms with Gasteiger partial charge < -0.3 is 107 Å². The number of benzene rings is 1. The predicted molar refractivity (Wildman–Crippen MR) is 425 cm³/mol. The standard InChI is InChI=1S/C77H127N19O19/c1-39(2)33-45(38-97)84-58(103)48(27-30-54(78)99)86-64(109)71(9,10)92-62(107)51(34-40(3)4)85-59(104)49(28-31-55(79)100)87-66(111)73(13,14)95-70(115)77(21,22)96-69(114)76(19,20)91-61(106)50(29-32-56(80)101)88-65(110)72(11,12)93-63(108)52(35-41(5)6)89-67(112)74(15,16)94-68(113)75(17,18)90-57(102)42(7)82-60(105)53(83-43(8)98)36-44-37-81-47-26-24-23-25-46(44)47/h23-26,37,39-42,45,48-53,81,97H,27-36,38H2,1-22H3,(H2,78,99)(H2,79,100)(H2,80,101)(H,82,105)(H,83,98)(H,84,103)(H,85,104)(H,86,109)(H,87,111)(H,88,110)(H,89,112)(H,90,102)(H,91,106)(H,92,107)(H,93,108)(H,94,113)(H,95,115)(H,96,114). The Morgan fingerprint density at radius 1 is 0.357 bits per heavy atom. The lowest BCUT2D eigenvalue weighted by molar-refractivity contribution is -0.141. The van der Waals surface area contributed by atoms with Crippen molar-refractivity contribution in [1.82, 2.24) is 84.7 Å². The van der Waals surface area contributed by atoms with E-state index in [2.05, 4.69) is 84.7 Å². The predicted octanol–water partition coefficient (Wildman–Crippen LogP) is -2.18. The fourth-order valence-electron chi connectivity index (χ4n) is 11.4. The normalized spacial score (nSPS) is 14.2. The molecule has 644 valence electrons. The van der Waals surface area contributed by atoms with Crippen LogP contribution in [-0.2, 0) is 92.7 Å². The summed E-state index contributed by atoms with van der Waals surface area (Å²) in [5, 5.41) is 49.2. The lowest BCUT2D eigenvalue weighted by Crippen LogP contribution is -2.68. The van der Waals surface area contributed by atoms with Gasteiger partial charge >= 0.3 is 0 Å². The van der Waals surface area contributed by atoms with Gasteiger partial charge in [-0.15, -0.1) is 0 Å². The third kappa shape index (κ3) is 32.9. The molecular weight excluding hydrogens is 1490 g/mol. The van der Waals surface area contributed by atoms with Crippen LogP contribution in [0, 0.1) is 17.8 Å². The quantitative estimate of drug-likeness (QED) is 0.0335. The van der Waals surface area contributed by atoms with E-state index >= 15 is 0 Å². The van der Waals surface area contributed by atoms with Crippen LogP contribution in [0.4, 0.5) is 0 Å². The zero-order chi connectivity index (χ0) is 88.6. The number of rotatable bonds is 47. The number of carbonyl (C=O) groups excluding carboxylic acids is 18. The summed E-state index contributed by atoms with van der Waals surface area (Å²) in [7, 11) is 0. The van der Waals surface area contributed by atoms with Gasteiger partial charge in [0.1, 0.15) is 81.1 Å². The van der Waals surface area contributed by atoms with Gasteiger partial charge in [-0.05, 0) is 172 Å². The maximum atomic E-state index is 14.2. The van der Waals surface area contributed by atoms with Gasteiger partial charge in [-0.25, -0.2) is 0 Å². The molecule has 0 saturated heterocycles. The number of nitrogens with two attached hydrogens (primary N) is 3. The Hall–Kier alpha value is -10.8. The van der Waals surface area contributed by atoms with Gasteiger partial charge in [0, 0.05) is 49.7 Å². The van der Waals surface area contributed by atoms with Crippen LogP contribution in [0.5, 0.6) is 0 Å². The highest BCUT2D eigenvalue weighted by molar-refractivity contribution is 6.04. The number of hydrogen-bond acceptors (Lipinski definition) is 19. The lowest BCUT2D eigenvalue weighted by Gasteiger charge is -2.36. The summed E-state index contributed by atoms with van der Waals surface area (Å²) < 4.78 is 0. The Morgan fingerprint density at radius 2 is 0.661 bits per heavy atom. The van der Waals surface area contributed by atoms with Gasteiger partial charge in [0.2, 0.25) is 106 Å². The largest absolute Gasteiger partial charge is 0.394 e. The fourth-order valence-corrected chi connectivity index (χ4v) is 11.4. The molecule has 18 amide bonds. The third-order valence-corrected chi connectivity index (χ3v) is 18.4. The maximum Gasteiger partial charge on any atom is 0.246 e. The molecule has 115 heavy (non-hydrogen) atoms. The lowest BCUT2D eigenvalue weighted by atomic mass is 9.95. The van der Waals surface area contributed by atoms with Gasteiger partial charge in [0.05, 0.1) is 12.6 Å². The first-order valence-corrected chi connectivity index (χ1v) is 38.3. The zero-order valence-electron chi connectivity index (χ0n) is 70.5. The summed E-state index contributed by atoms with van der Waals surface area (Å²) in [5.74, 6) is -16.1. The van der Waals surface area contributed by atoms with Crippen molar-refractivity contribution in [2.24, 2.45) is 35.0 Å². The molecule has 38 nitrogen and oxygen atoms in total.